The summed E-state index contributed by atoms with van der Waals surface area (Å²) in [6, 6.07) is -0.280. The highest BCUT2D eigenvalue weighted by molar-refractivity contribution is 6.74. The molecule has 0 saturated heterocycles. The molecule has 0 spiro atoms. The number of ether oxygens (including phenoxy) is 2. The molecule has 0 radical (unpaired) electrons. The van der Waals surface area contributed by atoms with Crippen molar-refractivity contribution < 1.29 is 23.5 Å². The summed E-state index contributed by atoms with van der Waals surface area (Å²) in [5, 5.41) is 3.00. The van der Waals surface area contributed by atoms with Crippen LogP contribution >= 0.6 is 0 Å². The molecule has 6 nitrogen and oxygen atoms in total. The van der Waals surface area contributed by atoms with Crippen LogP contribution in [0.4, 0.5) is 4.79 Å². The molecule has 0 bridgehead atoms. The van der Waals surface area contributed by atoms with Gasteiger partial charge in [0, 0.05) is 0 Å². The van der Waals surface area contributed by atoms with Gasteiger partial charge in [-0.25, -0.2) is 4.79 Å². The minimum absolute atomic E-state index is 0.000244. The number of nitrogens with one attached hydrogen (secondary N) is 1. The highest BCUT2D eigenvalue weighted by Gasteiger charge is 2.57. The number of carbonyl (C=O) groups excluding carboxylic acids is 2. The summed E-state index contributed by atoms with van der Waals surface area (Å²) in [6.45, 7) is 18.7. The van der Waals surface area contributed by atoms with Crippen LogP contribution in [0.15, 0.2) is 0 Å². The van der Waals surface area contributed by atoms with E-state index in [1.807, 2.05) is 27.7 Å². The van der Waals surface area contributed by atoms with Gasteiger partial charge in [0.15, 0.2) is 8.32 Å². The quantitative estimate of drug-likeness (QED) is 0.552. The zero-order valence-electron chi connectivity index (χ0n) is 18.1. The highest BCUT2D eigenvalue weighted by atomic mass is 28.4. The zero-order valence-corrected chi connectivity index (χ0v) is 19.1. The summed E-state index contributed by atoms with van der Waals surface area (Å²) >= 11 is 0. The van der Waals surface area contributed by atoms with E-state index in [1.54, 1.807) is 0 Å². The molecule has 0 unspecified atom stereocenters. The van der Waals surface area contributed by atoms with E-state index in [9.17, 15) is 9.59 Å². The fourth-order valence-corrected chi connectivity index (χ4v) is 3.87. The fourth-order valence-electron chi connectivity index (χ4n) is 2.84. The maximum atomic E-state index is 12.3. The molecule has 0 aromatic heterocycles. The zero-order chi connectivity index (χ0) is 20.5. The van der Waals surface area contributed by atoms with E-state index in [2.05, 4.69) is 39.2 Å². The lowest BCUT2D eigenvalue weighted by atomic mass is 10.1. The Labute approximate surface area is 159 Å². The third kappa shape index (κ3) is 5.98. The summed E-state index contributed by atoms with van der Waals surface area (Å²) in [5.41, 5.74) is -0.578. The molecule has 1 aliphatic carbocycles. The Balaban J connectivity index is 2.87. The van der Waals surface area contributed by atoms with E-state index in [0.717, 1.165) is 0 Å². The third-order valence-electron chi connectivity index (χ3n) is 5.52. The average Bonchev–Trinajstić information content (AvgIpc) is 3.10. The first-order valence-corrected chi connectivity index (χ1v) is 12.2. The van der Waals surface area contributed by atoms with Gasteiger partial charge in [0.2, 0.25) is 0 Å². The molecule has 4 atom stereocenters. The summed E-state index contributed by atoms with van der Waals surface area (Å²) in [7, 11) is -0.576. The molecule has 1 N–H and O–H groups in total. The summed E-state index contributed by atoms with van der Waals surface area (Å²) in [5.74, 6) is -0.293. The maximum absolute atomic E-state index is 12.3. The molecule has 0 heterocycles. The Kier molecular flexibility index (Phi) is 6.96. The number of amides is 1. The Morgan fingerprint density at radius 1 is 1.12 bits per heavy atom. The smallest absolute Gasteiger partial charge is 0.407 e. The molecule has 152 valence electrons. The second-order valence-electron chi connectivity index (χ2n) is 9.81. The number of methoxy groups -OCH3 is 1. The first-order chi connectivity index (χ1) is 11.6. The second kappa shape index (κ2) is 7.88. The molecule has 1 fully saturated rings. The van der Waals surface area contributed by atoms with Crippen LogP contribution in [0.5, 0.6) is 0 Å². The van der Waals surface area contributed by atoms with Gasteiger partial charge in [-0.3, -0.25) is 4.79 Å². The topological polar surface area (TPSA) is 73.9 Å². The van der Waals surface area contributed by atoms with E-state index in [1.165, 1.54) is 7.11 Å². The second-order valence-corrected chi connectivity index (χ2v) is 14.6. The fraction of sp³-hybridized carbons (Fsp3) is 0.895. The standard InChI is InChI=1S/C19H37NO5Si/c1-12-14(15(12)16(21)23-8)13(20-17(22)25-18(2,3)4)11-24-26(9,10)19(5,6)7/h12-15H,11H2,1-10H3,(H,20,22)/t12-,13-,14-,15-/m1/s1. The molecule has 0 aliphatic heterocycles. The number of alkyl carbamates (subject to hydrolysis) is 1. The SMILES string of the molecule is COC(=O)[C@@H]1[C@H](C)[C@@H]1[C@@H](CO[Si](C)(C)C(C)(C)C)NC(=O)OC(C)(C)C. The van der Waals surface area contributed by atoms with E-state index in [0.29, 0.717) is 6.61 Å². The maximum Gasteiger partial charge on any atom is 0.407 e. The third-order valence-corrected chi connectivity index (χ3v) is 10.0. The monoisotopic (exact) mass is 387 g/mol. The Hall–Kier alpha value is -1.08. The predicted molar refractivity (Wildman–Crippen MR) is 104 cm³/mol. The van der Waals surface area contributed by atoms with Crippen LogP contribution in [0, 0.1) is 17.8 Å². The van der Waals surface area contributed by atoms with Gasteiger partial charge in [0.1, 0.15) is 5.60 Å². The molecular weight excluding hydrogens is 350 g/mol. The Morgan fingerprint density at radius 3 is 2.08 bits per heavy atom. The Bertz CT molecular complexity index is 521. The van der Waals surface area contributed by atoms with Crippen molar-refractivity contribution in [2.75, 3.05) is 13.7 Å². The van der Waals surface area contributed by atoms with Crippen LogP contribution < -0.4 is 5.32 Å². The molecule has 0 aromatic rings. The van der Waals surface area contributed by atoms with Gasteiger partial charge in [-0.1, -0.05) is 27.7 Å². The average molecular weight is 388 g/mol. The van der Waals surface area contributed by atoms with Gasteiger partial charge in [-0.2, -0.15) is 0 Å². The number of rotatable bonds is 6. The Morgan fingerprint density at radius 2 is 1.65 bits per heavy atom. The van der Waals surface area contributed by atoms with Gasteiger partial charge in [0.05, 0.1) is 25.7 Å². The highest BCUT2D eigenvalue weighted by Crippen LogP contribution is 2.49. The van der Waals surface area contributed by atoms with E-state index >= 15 is 0 Å². The lowest BCUT2D eigenvalue weighted by Gasteiger charge is -2.37. The molecule has 1 amide bonds. The van der Waals surface area contributed by atoms with Crippen molar-refractivity contribution in [1.29, 1.82) is 0 Å². The molecule has 1 rings (SSSR count). The van der Waals surface area contributed by atoms with Crippen molar-refractivity contribution in [3.8, 4) is 0 Å². The largest absolute Gasteiger partial charge is 0.469 e. The summed E-state index contributed by atoms with van der Waals surface area (Å²) in [4.78, 5) is 24.3. The van der Waals surface area contributed by atoms with Crippen LogP contribution in [0.1, 0.15) is 48.5 Å². The first-order valence-electron chi connectivity index (χ1n) is 9.32. The van der Waals surface area contributed by atoms with Crippen LogP contribution in [0.25, 0.3) is 0 Å². The van der Waals surface area contributed by atoms with Gasteiger partial charge < -0.3 is 19.2 Å². The van der Waals surface area contributed by atoms with Crippen molar-refractivity contribution in [2.45, 2.75) is 78.2 Å². The van der Waals surface area contributed by atoms with Crippen LogP contribution in [0.3, 0.4) is 0 Å². The van der Waals surface area contributed by atoms with E-state index < -0.39 is 20.0 Å². The lowest BCUT2D eigenvalue weighted by molar-refractivity contribution is -0.142. The van der Waals surface area contributed by atoms with Gasteiger partial charge in [-0.15, -0.1) is 0 Å². The molecular formula is C19H37NO5Si. The number of hydrogen-bond donors (Lipinski definition) is 1. The summed E-state index contributed by atoms with van der Waals surface area (Å²) < 4.78 is 16.6. The molecule has 7 heteroatoms. The van der Waals surface area contributed by atoms with Crippen molar-refractivity contribution in [3.63, 3.8) is 0 Å². The minimum Gasteiger partial charge on any atom is -0.469 e. The van der Waals surface area contributed by atoms with E-state index in [-0.39, 0.29) is 34.8 Å². The van der Waals surface area contributed by atoms with Crippen molar-refractivity contribution >= 4 is 20.4 Å². The lowest BCUT2D eigenvalue weighted by Crippen LogP contribution is -2.48. The van der Waals surface area contributed by atoms with Crippen molar-refractivity contribution in [3.05, 3.63) is 0 Å². The van der Waals surface area contributed by atoms with Gasteiger partial charge in [0.25, 0.3) is 0 Å². The number of carbonyl (C=O) groups is 2. The van der Waals surface area contributed by atoms with E-state index in [4.69, 9.17) is 13.9 Å². The predicted octanol–water partition coefficient (Wildman–Crippen LogP) is 3.96. The molecule has 1 aliphatic rings. The van der Waals surface area contributed by atoms with Gasteiger partial charge in [-0.05, 0) is 50.7 Å². The van der Waals surface area contributed by atoms with Crippen molar-refractivity contribution in [1.82, 2.24) is 5.32 Å². The molecule has 1 saturated carbocycles. The molecule has 0 aromatic carbocycles. The van der Waals surface area contributed by atoms with Crippen molar-refractivity contribution in [2.24, 2.45) is 17.8 Å². The summed E-state index contributed by atoms with van der Waals surface area (Å²) in [6.07, 6.45) is -0.482. The van der Waals surface area contributed by atoms with Gasteiger partial charge >= 0.3 is 12.1 Å². The normalized spacial score (nSPS) is 24.6. The van der Waals surface area contributed by atoms with Crippen LogP contribution in [-0.2, 0) is 18.7 Å². The van der Waals surface area contributed by atoms with Crippen LogP contribution in [0.2, 0.25) is 18.1 Å². The number of hydrogen-bond acceptors (Lipinski definition) is 5. The first kappa shape index (κ1) is 23.0. The molecule has 26 heavy (non-hydrogen) atoms. The number of esters is 1. The minimum atomic E-state index is -1.97. The van der Waals surface area contributed by atoms with Crippen LogP contribution in [-0.4, -0.2) is 45.7 Å².